The van der Waals surface area contributed by atoms with Crippen molar-refractivity contribution in [3.05, 3.63) is 122 Å². The van der Waals surface area contributed by atoms with Crippen LogP contribution in [0.5, 0.6) is 5.75 Å². The molecule has 10 heteroatoms. The van der Waals surface area contributed by atoms with Crippen molar-refractivity contribution < 1.29 is 23.2 Å². The minimum Gasteiger partial charge on any atom is -0.497 e. The number of nitrogens with zero attached hydrogens (tertiary/aromatic N) is 2. The van der Waals surface area contributed by atoms with Crippen LogP contribution in [0.1, 0.15) is 34.9 Å². The summed E-state index contributed by atoms with van der Waals surface area (Å²) in [6.45, 7) is 3.22. The number of likely N-dealkylation sites (tertiary alicyclic amines) is 1. The van der Waals surface area contributed by atoms with Crippen molar-refractivity contribution in [2.24, 2.45) is 5.92 Å². The van der Waals surface area contributed by atoms with Crippen molar-refractivity contribution >= 4 is 23.0 Å². The fourth-order valence-corrected chi connectivity index (χ4v) is 7.05. The minimum absolute atomic E-state index is 0.0157. The second kappa shape index (κ2) is 12.4. The first-order valence-corrected chi connectivity index (χ1v) is 15.8. The molecule has 10 nitrogen and oxygen atoms in total. The van der Waals surface area contributed by atoms with Crippen LogP contribution in [-0.4, -0.2) is 47.5 Å². The highest BCUT2D eigenvalue weighted by Crippen LogP contribution is 2.36. The smallest absolute Gasteiger partial charge is 0.250 e. The molecule has 2 aliphatic heterocycles. The Morgan fingerprint density at radius 1 is 0.936 bits per heavy atom. The summed E-state index contributed by atoms with van der Waals surface area (Å²) in [4.78, 5) is 55.4. The monoisotopic (exact) mass is 633 g/mol. The summed E-state index contributed by atoms with van der Waals surface area (Å²) < 4.78 is 19.1. The molecule has 2 amide bonds. The molecular weight excluding hydrogens is 598 g/mol. The zero-order chi connectivity index (χ0) is 32.7. The highest BCUT2D eigenvalue weighted by Gasteiger charge is 2.38. The number of nitrogens with one attached hydrogen (secondary N) is 1. The Hall–Kier alpha value is -5.38. The second-order valence-corrected chi connectivity index (χ2v) is 12.4. The van der Waals surface area contributed by atoms with Crippen molar-refractivity contribution in [3.63, 3.8) is 0 Å². The first-order valence-electron chi connectivity index (χ1n) is 15.8. The standard InChI is InChI=1S/C37H35N3O7/c1-22-15-31(41)36-35(46-22)28(34(47-36)25-11-13-27(45-2)14-12-25)18-32(42)38-29(17-23-7-4-3-5-8-23)37(44)39-19-24-16-26(21-39)30-9-6-10-33(43)40(30)20-24/h3-15,24,26,29H,16-21H2,1-2H3,(H,38,42)/t24?,26?,29-/m0/s1. The Bertz CT molecular complexity index is 2080. The van der Waals surface area contributed by atoms with Gasteiger partial charge in [-0.05, 0) is 55.2 Å². The highest BCUT2D eigenvalue weighted by atomic mass is 16.5. The molecule has 1 saturated heterocycles. The molecule has 0 spiro atoms. The average molecular weight is 634 g/mol. The van der Waals surface area contributed by atoms with Gasteiger partial charge in [0.2, 0.25) is 22.8 Å². The van der Waals surface area contributed by atoms with Gasteiger partial charge in [-0.2, -0.15) is 0 Å². The van der Waals surface area contributed by atoms with Crippen LogP contribution >= 0.6 is 0 Å². The van der Waals surface area contributed by atoms with Crippen LogP contribution in [0.25, 0.3) is 22.5 Å². The lowest BCUT2D eigenvalue weighted by atomic mass is 9.83. The summed E-state index contributed by atoms with van der Waals surface area (Å²) in [6, 6.07) is 22.5. The van der Waals surface area contributed by atoms with Crippen LogP contribution in [0.4, 0.5) is 0 Å². The number of hydrogen-bond acceptors (Lipinski definition) is 7. The van der Waals surface area contributed by atoms with Gasteiger partial charge in [-0.15, -0.1) is 0 Å². The molecule has 0 radical (unpaired) electrons. The number of benzene rings is 2. The van der Waals surface area contributed by atoms with Gasteiger partial charge in [-0.1, -0.05) is 36.4 Å². The number of ether oxygens (including phenoxy) is 1. The van der Waals surface area contributed by atoms with Crippen molar-refractivity contribution in [3.8, 4) is 17.1 Å². The Morgan fingerprint density at radius 3 is 2.49 bits per heavy atom. The van der Waals surface area contributed by atoms with Gasteiger partial charge in [-0.25, -0.2) is 0 Å². The number of fused-ring (bicyclic) bond motifs is 5. The number of amides is 2. The number of carbonyl (C=O) groups excluding carboxylic acids is 2. The maximum absolute atomic E-state index is 14.3. The van der Waals surface area contributed by atoms with Crippen molar-refractivity contribution in [1.29, 1.82) is 0 Å². The summed E-state index contributed by atoms with van der Waals surface area (Å²) in [5.74, 6) is 0.996. The Kier molecular flexibility index (Phi) is 8.01. The Labute approximate surface area is 270 Å². The molecule has 5 heterocycles. The predicted octanol–water partition coefficient (Wildman–Crippen LogP) is 4.45. The van der Waals surface area contributed by atoms with E-state index in [1.807, 2.05) is 45.9 Å². The number of pyridine rings is 1. The number of furan rings is 1. The molecular formula is C37H35N3O7. The number of aromatic nitrogens is 1. The van der Waals surface area contributed by atoms with Crippen molar-refractivity contribution in [2.75, 3.05) is 20.2 Å². The molecule has 5 aromatic rings. The number of aryl methyl sites for hydroxylation is 1. The lowest BCUT2D eigenvalue weighted by Crippen LogP contribution is -2.55. The van der Waals surface area contributed by atoms with Gasteiger partial charge in [0.05, 0.1) is 19.1 Å². The molecule has 0 saturated carbocycles. The molecule has 7 rings (SSSR count). The molecule has 0 aliphatic carbocycles. The van der Waals surface area contributed by atoms with Gasteiger partial charge in [0, 0.05) is 55.4 Å². The van der Waals surface area contributed by atoms with Crippen LogP contribution in [0.15, 0.2) is 97.3 Å². The maximum atomic E-state index is 14.3. The van der Waals surface area contributed by atoms with E-state index < -0.39 is 11.9 Å². The summed E-state index contributed by atoms with van der Waals surface area (Å²) in [6.07, 6.45) is 1.04. The summed E-state index contributed by atoms with van der Waals surface area (Å²) in [7, 11) is 1.57. The van der Waals surface area contributed by atoms with Gasteiger partial charge in [0.15, 0.2) is 5.58 Å². The SMILES string of the molecule is COc1ccc(-c2oc3c(=O)cc(C)oc3c2CC(=O)N[C@@H](Cc2ccccc2)C(=O)N2CC3CC(C2)c2cccc(=O)n2C3)cc1. The highest BCUT2D eigenvalue weighted by molar-refractivity contribution is 5.93. The van der Waals surface area contributed by atoms with E-state index >= 15 is 0 Å². The third kappa shape index (κ3) is 5.98. The fraction of sp³-hybridized carbons (Fsp3) is 0.297. The molecule has 2 unspecified atom stereocenters. The van der Waals surface area contributed by atoms with Crippen LogP contribution in [0.3, 0.4) is 0 Å². The average Bonchev–Trinajstić information content (AvgIpc) is 3.43. The minimum atomic E-state index is -0.835. The number of rotatable bonds is 8. The van der Waals surface area contributed by atoms with Gasteiger partial charge >= 0.3 is 0 Å². The fourth-order valence-electron chi connectivity index (χ4n) is 7.05. The maximum Gasteiger partial charge on any atom is 0.250 e. The first kappa shape index (κ1) is 30.3. The lowest BCUT2D eigenvalue weighted by Gasteiger charge is -2.43. The number of carbonyl (C=O) groups is 2. The molecule has 1 N–H and O–H groups in total. The molecule has 3 aromatic heterocycles. The van der Waals surface area contributed by atoms with E-state index in [4.69, 9.17) is 13.6 Å². The van der Waals surface area contributed by atoms with Crippen LogP contribution < -0.4 is 21.0 Å². The van der Waals surface area contributed by atoms with Crippen molar-refractivity contribution in [2.45, 2.75) is 44.7 Å². The number of piperidine rings is 1. The van der Waals surface area contributed by atoms with Gasteiger partial charge in [-0.3, -0.25) is 19.2 Å². The van der Waals surface area contributed by atoms with E-state index in [-0.39, 0.29) is 46.3 Å². The Balaban J connectivity index is 1.19. The van der Waals surface area contributed by atoms with E-state index in [0.29, 0.717) is 54.5 Å². The van der Waals surface area contributed by atoms with E-state index in [1.54, 1.807) is 50.4 Å². The summed E-state index contributed by atoms with van der Waals surface area (Å²) >= 11 is 0. The largest absolute Gasteiger partial charge is 0.497 e. The van der Waals surface area contributed by atoms with Gasteiger partial charge in [0.1, 0.15) is 23.3 Å². The van der Waals surface area contributed by atoms with Crippen LogP contribution in [0.2, 0.25) is 0 Å². The zero-order valence-corrected chi connectivity index (χ0v) is 26.2. The lowest BCUT2D eigenvalue weighted by molar-refractivity contribution is -0.138. The second-order valence-electron chi connectivity index (χ2n) is 12.4. The number of hydrogen-bond donors (Lipinski definition) is 1. The molecule has 2 bridgehead atoms. The first-order chi connectivity index (χ1) is 22.8. The zero-order valence-electron chi connectivity index (χ0n) is 26.2. The van der Waals surface area contributed by atoms with Crippen molar-refractivity contribution in [1.82, 2.24) is 14.8 Å². The van der Waals surface area contributed by atoms with E-state index in [0.717, 1.165) is 17.7 Å². The molecule has 2 aliphatic rings. The van der Waals surface area contributed by atoms with Gasteiger partial charge in [0.25, 0.3) is 5.56 Å². The summed E-state index contributed by atoms with van der Waals surface area (Å²) in [5, 5.41) is 3.02. The molecule has 1 fully saturated rings. The van der Waals surface area contributed by atoms with Crippen LogP contribution in [0, 0.1) is 12.8 Å². The Morgan fingerprint density at radius 2 is 1.72 bits per heavy atom. The number of methoxy groups -OCH3 is 1. The topological polar surface area (TPSA) is 124 Å². The molecule has 3 atom stereocenters. The van der Waals surface area contributed by atoms with E-state index in [9.17, 15) is 19.2 Å². The third-order valence-corrected chi connectivity index (χ3v) is 9.18. The molecule has 240 valence electrons. The van der Waals surface area contributed by atoms with Gasteiger partial charge < -0.3 is 28.4 Å². The predicted molar refractivity (Wildman–Crippen MR) is 175 cm³/mol. The molecule has 2 aromatic carbocycles. The quantitative estimate of drug-likeness (QED) is 0.268. The van der Waals surface area contributed by atoms with Crippen LogP contribution in [-0.2, 0) is 29.0 Å². The third-order valence-electron chi connectivity index (χ3n) is 9.18. The summed E-state index contributed by atoms with van der Waals surface area (Å²) in [5.41, 5.74) is 2.80. The van der Waals surface area contributed by atoms with E-state index in [1.165, 1.54) is 6.07 Å². The molecule has 47 heavy (non-hydrogen) atoms. The normalized spacial score (nSPS) is 17.6. The van der Waals surface area contributed by atoms with E-state index in [2.05, 4.69) is 5.32 Å².